The molecule has 4 N–H and O–H groups in total. The highest BCUT2D eigenvalue weighted by molar-refractivity contribution is 7.93. The lowest BCUT2D eigenvalue weighted by molar-refractivity contribution is -0.129. The number of Topliss-reactive ketones (excluding diaryl/α,β-unsaturated/α-hetero) is 1. The van der Waals surface area contributed by atoms with Gasteiger partial charge < -0.3 is 4.74 Å². The van der Waals surface area contributed by atoms with Gasteiger partial charge in [0.25, 0.3) is 45.9 Å². The first-order chi connectivity index (χ1) is 49.9. The lowest BCUT2D eigenvalue weighted by atomic mass is 10.1. The zero-order chi connectivity index (χ0) is 75.5. The molecule has 105 heavy (non-hydrogen) atoms. The van der Waals surface area contributed by atoms with Crippen LogP contribution in [-0.4, -0.2) is 45.4 Å². The van der Waals surface area contributed by atoms with Crippen molar-refractivity contribution in [2.24, 2.45) is 0 Å². The Labute approximate surface area is 656 Å². The van der Waals surface area contributed by atoms with Gasteiger partial charge in [0.05, 0.1) is 53.0 Å². The summed E-state index contributed by atoms with van der Waals surface area (Å²) in [5, 5.41) is 18.5. The number of sulfonamides is 4. The average molecular weight is 1700 g/mol. The fourth-order valence-electron chi connectivity index (χ4n) is 10.1. The highest BCUT2D eigenvalue weighted by Crippen LogP contribution is 2.41. The molecule has 0 radical (unpaired) electrons. The number of hydrogen-bond acceptors (Lipinski definition) is 16. The molecule has 0 saturated heterocycles. The maximum atomic E-state index is 13.5. The first-order valence-electron chi connectivity index (χ1n) is 30.5. The summed E-state index contributed by atoms with van der Waals surface area (Å²) >= 11 is 42.6. The van der Waals surface area contributed by atoms with Gasteiger partial charge in [0.1, 0.15) is 16.5 Å². The number of halogens is 7. The summed E-state index contributed by atoms with van der Waals surface area (Å²) in [6.07, 6.45) is 0. The van der Waals surface area contributed by atoms with E-state index < -0.39 is 51.8 Å². The number of carbonyl (C=O) groups excluding carboxylic acids is 2. The van der Waals surface area contributed by atoms with E-state index in [0.29, 0.717) is 65.5 Å². The van der Waals surface area contributed by atoms with E-state index in [-0.39, 0.29) is 57.5 Å². The van der Waals surface area contributed by atoms with Crippen molar-refractivity contribution >= 4 is 201 Å². The van der Waals surface area contributed by atoms with Crippen LogP contribution in [0.2, 0.25) is 30.1 Å². The molecule has 13 rings (SSSR count). The van der Waals surface area contributed by atoms with Crippen LogP contribution in [0.5, 0.6) is 5.75 Å². The number of hydrogen-bond donors (Lipinski definition) is 4. The number of thiophene rings is 5. The Kier molecular flexibility index (Phi) is 26.4. The van der Waals surface area contributed by atoms with Crippen LogP contribution in [0.4, 0.5) is 27.1 Å². The van der Waals surface area contributed by atoms with Gasteiger partial charge in [-0.15, -0.1) is 56.7 Å². The first-order valence-corrected chi connectivity index (χ1v) is 43.4. The molecule has 0 aliphatic rings. The Hall–Kier alpha value is -7.93. The molecule has 5 aromatic heterocycles. The van der Waals surface area contributed by atoms with E-state index in [9.17, 15) is 47.7 Å². The number of ketones is 1. The summed E-state index contributed by atoms with van der Waals surface area (Å²) in [5.74, 6) is -2.10. The van der Waals surface area contributed by atoms with E-state index >= 15 is 0 Å². The number of rotatable bonds is 19. The molecule has 0 amide bonds. The Morgan fingerprint density at radius 2 is 0.714 bits per heavy atom. The molecule has 540 valence electrons. The number of anilines is 4. The first kappa shape index (κ1) is 79.6. The van der Waals surface area contributed by atoms with Crippen LogP contribution in [0, 0.1) is 33.5 Å². The number of esters is 1. The third kappa shape index (κ3) is 19.4. The predicted molar refractivity (Wildman–Crippen MR) is 431 cm³/mol. The normalized spacial score (nSPS) is 11.4. The standard InChI is InChI=1S/C23H16ClNO5S3.C18H15ClFNO2S2.C17H14ClNO2S2.C16H10Cl3NO2S2/c1-14-18(24)8-5-9-21(14)33(28,29)25-19-12-31-11-17(19)22(26)23(27)30-20-13-32-10-16(20)15-6-3-2-4-7-15;1-11-8-13(6-7-16(11)20)14-9-24-10-17(14)21-25(22,23)18-5-3-4-15(19)12(18)2;1-12-15(18)8-5-9-17(12)23(20,21)19-16-11-22-10-14(16)13-6-3-2-4-7-13;17-11-6-13(18)16(14(19)7-11)24(21,22)20-15-9-23-8-12(15)10-4-2-1-3-5-10/h2-13,25H,1H3;3-10,21H,1-2H3;2-11,19H,1H3;1-9,20H. The molecule has 0 bridgehead atoms. The number of carbonyl (C=O) groups is 2. The second-order valence-electron chi connectivity index (χ2n) is 22.4. The fraction of sp³-hybridized carbons (Fsp3) is 0.0541. The summed E-state index contributed by atoms with van der Waals surface area (Å²) in [4.78, 5) is 25.6. The SMILES string of the molecule is Cc1c(Cl)cccc1S(=O)(=O)Nc1cscc1-c1ccccc1.Cc1c(Cl)cccc1S(=O)(=O)Nc1cscc1C(=O)C(=O)Oc1cscc1-c1ccccc1.Cc1cc(-c2cscc2NS(=O)(=O)c2cccc(Cl)c2C)ccc1F.O=S(=O)(Nc1cscc1-c1ccccc1)c1c(Cl)cc(Cl)cc1Cl. The molecule has 5 heterocycles. The number of benzene rings is 8. The average Bonchev–Trinajstić information content (AvgIpc) is 1.61. The summed E-state index contributed by atoms with van der Waals surface area (Å²) in [5.41, 5.74) is 9.80. The highest BCUT2D eigenvalue weighted by Gasteiger charge is 2.29. The highest BCUT2D eigenvalue weighted by atomic mass is 35.5. The molecule has 0 fully saturated rings. The van der Waals surface area contributed by atoms with Gasteiger partial charge in [0.2, 0.25) is 0 Å². The minimum atomic E-state index is -4.04. The zero-order valence-corrected chi connectivity index (χ0v) is 66.7. The van der Waals surface area contributed by atoms with E-state index in [4.69, 9.17) is 74.3 Å². The molecule has 0 unspecified atom stereocenters. The van der Waals surface area contributed by atoms with Crippen LogP contribution in [0.1, 0.15) is 32.6 Å². The molecule has 0 spiro atoms. The van der Waals surface area contributed by atoms with E-state index in [2.05, 4.69) is 18.9 Å². The Morgan fingerprint density at radius 1 is 0.362 bits per heavy atom. The molecule has 13 aromatic rings. The van der Waals surface area contributed by atoms with E-state index in [0.717, 1.165) is 44.7 Å². The van der Waals surface area contributed by atoms with Crippen molar-refractivity contribution in [1.82, 2.24) is 0 Å². The molecule has 0 atom stereocenters. The lowest BCUT2D eigenvalue weighted by Crippen LogP contribution is -2.22. The number of aryl methyl sites for hydroxylation is 1. The molecule has 0 aliphatic carbocycles. The molecular formula is C74H55Cl6FN4O11S9. The van der Waals surface area contributed by atoms with Gasteiger partial charge in [-0.1, -0.05) is 185 Å². The van der Waals surface area contributed by atoms with Gasteiger partial charge >= 0.3 is 5.97 Å². The van der Waals surface area contributed by atoms with Crippen molar-refractivity contribution in [3.63, 3.8) is 0 Å². The van der Waals surface area contributed by atoms with Crippen molar-refractivity contribution in [3.05, 3.63) is 293 Å². The third-order valence-electron chi connectivity index (χ3n) is 15.4. The van der Waals surface area contributed by atoms with E-state index in [1.165, 1.54) is 92.5 Å². The summed E-state index contributed by atoms with van der Waals surface area (Å²) in [7, 11) is -15.5. The summed E-state index contributed by atoms with van der Waals surface area (Å²) in [6.45, 7) is 6.61. The maximum absolute atomic E-state index is 13.5. The van der Waals surface area contributed by atoms with Crippen LogP contribution in [0.15, 0.2) is 249 Å². The predicted octanol–water partition coefficient (Wildman–Crippen LogP) is 23.0. The van der Waals surface area contributed by atoms with Gasteiger partial charge in [-0.25, -0.2) is 42.9 Å². The van der Waals surface area contributed by atoms with E-state index in [1.807, 2.05) is 113 Å². The summed E-state index contributed by atoms with van der Waals surface area (Å²) < 4.78 is 131. The molecule has 15 nitrogen and oxygen atoms in total. The van der Waals surface area contributed by atoms with Crippen molar-refractivity contribution < 1.29 is 52.4 Å². The molecule has 0 saturated carbocycles. The Balaban J connectivity index is 0.000000152. The lowest BCUT2D eigenvalue weighted by Gasteiger charge is -2.12. The van der Waals surface area contributed by atoms with Gasteiger partial charge in [-0.3, -0.25) is 23.7 Å². The van der Waals surface area contributed by atoms with Crippen molar-refractivity contribution in [2.75, 3.05) is 18.9 Å². The molecule has 0 aliphatic heterocycles. The van der Waals surface area contributed by atoms with Crippen LogP contribution in [0.25, 0.3) is 44.5 Å². The van der Waals surface area contributed by atoms with Gasteiger partial charge in [0, 0.05) is 96.1 Å². The smallest absolute Gasteiger partial charge is 0.385 e. The second-order valence-corrected chi connectivity index (χ2v) is 35.2. The van der Waals surface area contributed by atoms with Gasteiger partial charge in [-0.2, -0.15) is 0 Å². The summed E-state index contributed by atoms with van der Waals surface area (Å²) in [6, 6.07) is 50.0. The quantitative estimate of drug-likeness (QED) is 0.0338. The van der Waals surface area contributed by atoms with Gasteiger partial charge in [-0.05, 0) is 133 Å². The van der Waals surface area contributed by atoms with Gasteiger partial charge in [0.15, 0.2) is 0 Å². The monoisotopic (exact) mass is 1690 g/mol. The molecule has 8 aromatic carbocycles. The minimum Gasteiger partial charge on any atom is -0.419 e. The van der Waals surface area contributed by atoms with Crippen LogP contribution >= 0.6 is 126 Å². The van der Waals surface area contributed by atoms with Crippen molar-refractivity contribution in [1.29, 1.82) is 0 Å². The molecular weight excluding hydrogens is 1640 g/mol. The number of nitrogens with one attached hydrogen (secondary N) is 4. The second kappa shape index (κ2) is 34.8. The Morgan fingerprint density at radius 3 is 1.13 bits per heavy atom. The fourth-order valence-corrected chi connectivity index (χ4v) is 21.6. The van der Waals surface area contributed by atoms with Crippen LogP contribution in [0.3, 0.4) is 0 Å². The van der Waals surface area contributed by atoms with E-state index in [1.54, 1.807) is 97.7 Å². The molecule has 31 heteroatoms. The van der Waals surface area contributed by atoms with Crippen molar-refractivity contribution in [2.45, 2.75) is 47.3 Å². The minimum absolute atomic E-state index is 0.00470. The Bertz CT molecular complexity index is 5800. The van der Waals surface area contributed by atoms with Crippen LogP contribution in [-0.2, 0) is 44.9 Å². The largest absolute Gasteiger partial charge is 0.419 e. The topological polar surface area (TPSA) is 228 Å². The zero-order valence-electron chi connectivity index (χ0n) is 54.8. The van der Waals surface area contributed by atoms with Crippen LogP contribution < -0.4 is 23.6 Å². The maximum Gasteiger partial charge on any atom is 0.385 e. The number of ether oxygens (including phenoxy) is 1. The van der Waals surface area contributed by atoms with Crippen molar-refractivity contribution in [3.8, 4) is 50.3 Å². The third-order valence-corrected chi connectivity index (χ3v) is 27.3.